The van der Waals surface area contributed by atoms with Crippen molar-refractivity contribution in [1.29, 1.82) is 0 Å². The molecule has 102 valence electrons. The van der Waals surface area contributed by atoms with Crippen molar-refractivity contribution in [3.05, 3.63) is 67.3 Å². The van der Waals surface area contributed by atoms with E-state index in [1.807, 2.05) is 54.6 Å². The van der Waals surface area contributed by atoms with Gasteiger partial charge in [-0.1, -0.05) is 36.4 Å². The number of para-hydroxylation sites is 3. The van der Waals surface area contributed by atoms with Crippen LogP contribution in [0.5, 0.6) is 11.5 Å². The lowest BCUT2D eigenvalue weighted by atomic mass is 10.3. The van der Waals surface area contributed by atoms with Gasteiger partial charge in [-0.15, -0.1) is 6.58 Å². The molecule has 2 rings (SSSR count). The first-order chi connectivity index (χ1) is 9.79. The first-order valence-electron chi connectivity index (χ1n) is 6.27. The van der Waals surface area contributed by atoms with Crippen molar-refractivity contribution in [2.75, 3.05) is 11.9 Å². The minimum absolute atomic E-state index is 0.536. The van der Waals surface area contributed by atoms with Gasteiger partial charge in [0.05, 0.1) is 5.69 Å². The Labute approximate surface area is 124 Å². The van der Waals surface area contributed by atoms with E-state index < -0.39 is 0 Å². The number of thiocarbonyl (C=S) groups is 1. The van der Waals surface area contributed by atoms with Crippen LogP contribution >= 0.6 is 12.2 Å². The molecule has 0 radical (unpaired) electrons. The van der Waals surface area contributed by atoms with Gasteiger partial charge in [-0.2, -0.15) is 0 Å². The minimum Gasteiger partial charge on any atom is -0.455 e. The smallest absolute Gasteiger partial charge is 0.171 e. The summed E-state index contributed by atoms with van der Waals surface area (Å²) < 4.78 is 5.84. The summed E-state index contributed by atoms with van der Waals surface area (Å²) >= 11 is 5.20. The molecule has 0 aromatic heterocycles. The minimum atomic E-state index is 0.536. The summed E-state index contributed by atoms with van der Waals surface area (Å²) in [6, 6.07) is 17.3. The fourth-order valence-corrected chi connectivity index (χ4v) is 1.80. The second-order valence-electron chi connectivity index (χ2n) is 4.03. The second-order valence-corrected chi connectivity index (χ2v) is 4.44. The molecule has 2 aromatic carbocycles. The molecule has 0 atom stereocenters. The molecule has 0 spiro atoms. The van der Waals surface area contributed by atoms with Gasteiger partial charge in [0.2, 0.25) is 0 Å². The van der Waals surface area contributed by atoms with E-state index >= 15 is 0 Å². The summed E-state index contributed by atoms with van der Waals surface area (Å²) in [5, 5.41) is 6.67. The number of hydrogen-bond donors (Lipinski definition) is 2. The highest BCUT2D eigenvalue weighted by Gasteiger charge is 2.05. The van der Waals surface area contributed by atoms with Gasteiger partial charge < -0.3 is 15.4 Å². The molecule has 0 aliphatic carbocycles. The van der Waals surface area contributed by atoms with Gasteiger partial charge >= 0.3 is 0 Å². The molecular formula is C16H16N2OS. The van der Waals surface area contributed by atoms with E-state index in [9.17, 15) is 0 Å². The largest absolute Gasteiger partial charge is 0.455 e. The van der Waals surface area contributed by atoms with Gasteiger partial charge in [-0.3, -0.25) is 0 Å². The summed E-state index contributed by atoms with van der Waals surface area (Å²) in [6.07, 6.45) is 1.75. The maximum Gasteiger partial charge on any atom is 0.171 e. The first-order valence-corrected chi connectivity index (χ1v) is 6.68. The summed E-state index contributed by atoms with van der Waals surface area (Å²) in [7, 11) is 0. The van der Waals surface area contributed by atoms with Crippen LogP contribution in [0.25, 0.3) is 0 Å². The first kappa shape index (κ1) is 14.1. The van der Waals surface area contributed by atoms with Gasteiger partial charge in [0.1, 0.15) is 5.75 Å². The van der Waals surface area contributed by atoms with Crippen molar-refractivity contribution in [1.82, 2.24) is 5.32 Å². The molecular weight excluding hydrogens is 268 g/mol. The molecule has 3 nitrogen and oxygen atoms in total. The van der Waals surface area contributed by atoms with Crippen molar-refractivity contribution in [2.45, 2.75) is 0 Å². The van der Waals surface area contributed by atoms with E-state index in [4.69, 9.17) is 17.0 Å². The number of nitrogens with one attached hydrogen (secondary N) is 2. The van der Waals surface area contributed by atoms with Crippen LogP contribution in [0.4, 0.5) is 5.69 Å². The van der Waals surface area contributed by atoms with E-state index in [1.165, 1.54) is 0 Å². The Morgan fingerprint density at radius 1 is 1.10 bits per heavy atom. The predicted molar refractivity (Wildman–Crippen MR) is 87.4 cm³/mol. The highest BCUT2D eigenvalue weighted by molar-refractivity contribution is 7.80. The summed E-state index contributed by atoms with van der Waals surface area (Å²) in [5.41, 5.74) is 0.818. The standard InChI is InChI=1S/C16H16N2OS/c1-2-12-17-16(20)18-14-10-6-7-11-15(14)19-13-8-4-3-5-9-13/h2-11H,1,12H2,(H2,17,18,20). The molecule has 0 fully saturated rings. The fraction of sp³-hybridized carbons (Fsp3) is 0.0625. The molecule has 0 saturated heterocycles. The second kappa shape index (κ2) is 7.31. The molecule has 0 amide bonds. The SMILES string of the molecule is C=CCNC(=S)Nc1ccccc1Oc1ccccc1. The average Bonchev–Trinajstić information content (AvgIpc) is 2.48. The zero-order valence-electron chi connectivity index (χ0n) is 11.0. The summed E-state index contributed by atoms with van der Waals surface area (Å²) in [4.78, 5) is 0. The van der Waals surface area contributed by atoms with Crippen molar-refractivity contribution >= 4 is 23.0 Å². The van der Waals surface area contributed by atoms with Crippen LogP contribution < -0.4 is 15.4 Å². The Morgan fingerprint density at radius 2 is 1.80 bits per heavy atom. The number of hydrogen-bond acceptors (Lipinski definition) is 2. The van der Waals surface area contributed by atoms with Crippen molar-refractivity contribution < 1.29 is 4.74 Å². The van der Waals surface area contributed by atoms with Crippen molar-refractivity contribution in [2.24, 2.45) is 0 Å². The average molecular weight is 284 g/mol. The Morgan fingerprint density at radius 3 is 2.55 bits per heavy atom. The maximum atomic E-state index is 5.84. The van der Waals surface area contributed by atoms with E-state index in [0.29, 0.717) is 11.7 Å². The molecule has 2 aromatic rings. The van der Waals surface area contributed by atoms with Gasteiger partial charge in [0, 0.05) is 6.54 Å². The molecule has 2 N–H and O–H groups in total. The molecule has 4 heteroatoms. The third-order valence-electron chi connectivity index (χ3n) is 2.51. The lowest BCUT2D eigenvalue weighted by molar-refractivity contribution is 0.485. The zero-order chi connectivity index (χ0) is 14.2. The Bertz CT molecular complexity index is 584. The Hall–Kier alpha value is -2.33. The van der Waals surface area contributed by atoms with Gasteiger partial charge in [-0.05, 0) is 36.5 Å². The fourth-order valence-electron chi connectivity index (χ4n) is 1.61. The van der Waals surface area contributed by atoms with E-state index in [0.717, 1.165) is 17.2 Å². The number of benzene rings is 2. The van der Waals surface area contributed by atoms with E-state index in [1.54, 1.807) is 6.08 Å². The lowest BCUT2D eigenvalue weighted by Crippen LogP contribution is -2.28. The van der Waals surface area contributed by atoms with E-state index in [2.05, 4.69) is 17.2 Å². The van der Waals surface area contributed by atoms with Crippen LogP contribution in [0, 0.1) is 0 Å². The molecule has 0 aliphatic rings. The molecule has 20 heavy (non-hydrogen) atoms. The summed E-state index contributed by atoms with van der Waals surface area (Å²) in [5.74, 6) is 1.51. The van der Waals surface area contributed by atoms with Crippen LogP contribution in [0.15, 0.2) is 67.3 Å². The van der Waals surface area contributed by atoms with Gasteiger partial charge in [0.25, 0.3) is 0 Å². The third kappa shape index (κ3) is 4.10. The van der Waals surface area contributed by atoms with Crippen LogP contribution in [-0.4, -0.2) is 11.7 Å². The third-order valence-corrected chi connectivity index (χ3v) is 2.76. The molecule has 0 aliphatic heterocycles. The highest BCUT2D eigenvalue weighted by atomic mass is 32.1. The molecule has 0 saturated carbocycles. The van der Waals surface area contributed by atoms with Crippen LogP contribution in [-0.2, 0) is 0 Å². The van der Waals surface area contributed by atoms with Crippen molar-refractivity contribution in [3.63, 3.8) is 0 Å². The van der Waals surface area contributed by atoms with Crippen LogP contribution in [0.2, 0.25) is 0 Å². The predicted octanol–water partition coefficient (Wildman–Crippen LogP) is 3.95. The van der Waals surface area contributed by atoms with E-state index in [-0.39, 0.29) is 0 Å². The Kier molecular flexibility index (Phi) is 5.15. The highest BCUT2D eigenvalue weighted by Crippen LogP contribution is 2.28. The van der Waals surface area contributed by atoms with Crippen molar-refractivity contribution in [3.8, 4) is 11.5 Å². The lowest BCUT2D eigenvalue weighted by Gasteiger charge is -2.14. The van der Waals surface area contributed by atoms with Crippen LogP contribution in [0.1, 0.15) is 0 Å². The van der Waals surface area contributed by atoms with Gasteiger partial charge in [0.15, 0.2) is 10.9 Å². The normalized spacial score (nSPS) is 9.60. The molecule has 0 unspecified atom stereocenters. The number of ether oxygens (including phenoxy) is 1. The Balaban J connectivity index is 2.10. The molecule has 0 heterocycles. The monoisotopic (exact) mass is 284 g/mol. The number of rotatable bonds is 5. The summed E-state index contributed by atoms with van der Waals surface area (Å²) in [6.45, 7) is 4.26. The zero-order valence-corrected chi connectivity index (χ0v) is 11.8. The van der Waals surface area contributed by atoms with Gasteiger partial charge in [-0.25, -0.2) is 0 Å². The topological polar surface area (TPSA) is 33.3 Å². The van der Waals surface area contributed by atoms with Crippen LogP contribution in [0.3, 0.4) is 0 Å². The quantitative estimate of drug-likeness (QED) is 0.643. The number of anilines is 1. The maximum absolute atomic E-state index is 5.84. The molecule has 0 bridgehead atoms.